The number of carbonyl (C=O) groups excluding carboxylic acids is 3. The smallest absolute Gasteiger partial charge is 0.262 e. The molecule has 0 bridgehead atoms. The van der Waals surface area contributed by atoms with E-state index in [1.54, 1.807) is 47.7 Å². The lowest BCUT2D eigenvalue weighted by molar-refractivity contribution is -0.124. The first-order valence-corrected chi connectivity index (χ1v) is 15.5. The van der Waals surface area contributed by atoms with Crippen molar-refractivity contribution >= 4 is 64.6 Å². The number of nitrogens with one attached hydrogen (secondary N) is 2. The van der Waals surface area contributed by atoms with E-state index in [4.69, 9.17) is 16.3 Å². The average molecular weight is 605 g/mol. The molecule has 8 nitrogen and oxygen atoms in total. The molecule has 0 saturated carbocycles. The number of methoxy groups -OCH3 is 1. The number of carbonyl (C=O) groups is 3. The van der Waals surface area contributed by atoms with Gasteiger partial charge < -0.3 is 15.4 Å². The zero-order chi connectivity index (χ0) is 29.1. The predicted molar refractivity (Wildman–Crippen MR) is 167 cm³/mol. The molecule has 1 heterocycles. The maximum Gasteiger partial charge on any atom is 0.262 e. The normalized spacial score (nSPS) is 11.2. The Balaban J connectivity index is 1.66. The van der Waals surface area contributed by atoms with Crippen LogP contribution in [0, 0.1) is 6.92 Å². The second-order valence-corrected chi connectivity index (χ2v) is 11.2. The van der Waals surface area contributed by atoms with Crippen molar-refractivity contribution in [1.29, 1.82) is 0 Å². The quantitative estimate of drug-likeness (QED) is 0.179. The summed E-state index contributed by atoms with van der Waals surface area (Å²) in [6.45, 7) is 4.28. The molecular weight excluding hydrogens is 568 g/mol. The molecule has 0 fully saturated rings. The van der Waals surface area contributed by atoms with Crippen LogP contribution in [0.3, 0.4) is 0 Å². The van der Waals surface area contributed by atoms with Gasteiger partial charge in [0.25, 0.3) is 5.91 Å². The molecule has 1 aromatic heterocycles. The van der Waals surface area contributed by atoms with Crippen molar-refractivity contribution < 1.29 is 19.1 Å². The number of nitrogens with zero attached hydrogens (tertiary/aromatic N) is 2. The van der Waals surface area contributed by atoms with Crippen LogP contribution >= 0.6 is 36.0 Å². The molecule has 2 amide bonds. The highest BCUT2D eigenvalue weighted by molar-refractivity contribution is 7.98. The van der Waals surface area contributed by atoms with Crippen molar-refractivity contribution in [2.45, 2.75) is 19.8 Å². The van der Waals surface area contributed by atoms with Gasteiger partial charge in [0.2, 0.25) is 11.8 Å². The number of hydrogen-bond donors (Lipinski definition) is 3. The van der Waals surface area contributed by atoms with Crippen LogP contribution in [-0.4, -0.2) is 84.8 Å². The number of thiol groups is 1. The van der Waals surface area contributed by atoms with Crippen LogP contribution in [0.25, 0.3) is 10.9 Å². The Morgan fingerprint density at radius 2 is 1.77 bits per heavy atom. The molecule has 0 saturated heterocycles. The highest BCUT2D eigenvalue weighted by Crippen LogP contribution is 2.30. The van der Waals surface area contributed by atoms with E-state index in [1.165, 1.54) is 0 Å². The minimum absolute atomic E-state index is 0.0494. The van der Waals surface area contributed by atoms with E-state index in [0.29, 0.717) is 54.7 Å². The second kappa shape index (κ2) is 16.0. The van der Waals surface area contributed by atoms with Crippen LogP contribution in [0.4, 0.5) is 0 Å². The lowest BCUT2D eigenvalue weighted by atomic mass is 10.1. The lowest BCUT2D eigenvalue weighted by Crippen LogP contribution is -2.40. The largest absolute Gasteiger partial charge is 0.497 e. The summed E-state index contributed by atoms with van der Waals surface area (Å²) in [5, 5.41) is 7.36. The van der Waals surface area contributed by atoms with Crippen molar-refractivity contribution in [2.24, 2.45) is 0 Å². The standard InChI is InChI=1S/C29H37ClN4O4S2/c1-20-24(10-12-31-27(35)11-14-33(15-16-39)19-28(36)32-13-17-40-3)25-18-23(38-2)8-9-26(25)34(20)29(37)21-4-6-22(30)7-5-21/h4-9,18,39H,10-17,19H2,1-3H3,(H,31,35)(H,32,36). The summed E-state index contributed by atoms with van der Waals surface area (Å²) < 4.78 is 7.14. The number of fused-ring (bicyclic) bond motifs is 1. The summed E-state index contributed by atoms with van der Waals surface area (Å²) in [5.41, 5.74) is 3.08. The Labute approximate surface area is 250 Å². The number of amides is 2. The van der Waals surface area contributed by atoms with E-state index < -0.39 is 0 Å². The first-order chi connectivity index (χ1) is 19.3. The molecular formula is C29H37ClN4O4S2. The minimum Gasteiger partial charge on any atom is -0.497 e. The topological polar surface area (TPSA) is 92.7 Å². The third-order valence-electron chi connectivity index (χ3n) is 6.60. The van der Waals surface area contributed by atoms with E-state index in [2.05, 4.69) is 23.3 Å². The molecule has 0 unspecified atom stereocenters. The van der Waals surface area contributed by atoms with Crippen molar-refractivity contribution in [1.82, 2.24) is 20.1 Å². The summed E-state index contributed by atoms with van der Waals surface area (Å²) in [4.78, 5) is 40.3. The van der Waals surface area contributed by atoms with Crippen LogP contribution < -0.4 is 15.4 Å². The SMILES string of the molecule is COc1ccc2c(c1)c(CCNC(=O)CCN(CCS)CC(=O)NCCSC)c(C)n2C(=O)c1ccc(Cl)cc1. The highest BCUT2D eigenvalue weighted by atomic mass is 35.5. The highest BCUT2D eigenvalue weighted by Gasteiger charge is 2.21. The summed E-state index contributed by atoms with van der Waals surface area (Å²) >= 11 is 12.0. The lowest BCUT2D eigenvalue weighted by Gasteiger charge is -2.20. The zero-order valence-corrected chi connectivity index (χ0v) is 25.6. The summed E-state index contributed by atoms with van der Waals surface area (Å²) in [6.07, 6.45) is 2.81. The second-order valence-electron chi connectivity index (χ2n) is 9.29. The molecule has 11 heteroatoms. The average Bonchev–Trinajstić information content (AvgIpc) is 3.22. The number of hydrogen-bond acceptors (Lipinski definition) is 7. The van der Waals surface area contributed by atoms with Gasteiger partial charge >= 0.3 is 0 Å². The molecule has 0 aliphatic carbocycles. The first-order valence-electron chi connectivity index (χ1n) is 13.1. The summed E-state index contributed by atoms with van der Waals surface area (Å²) in [6, 6.07) is 12.5. The van der Waals surface area contributed by atoms with Crippen LogP contribution in [0.2, 0.25) is 5.02 Å². The maximum absolute atomic E-state index is 13.5. The summed E-state index contributed by atoms with van der Waals surface area (Å²) in [7, 11) is 1.61. The summed E-state index contributed by atoms with van der Waals surface area (Å²) in [5.74, 6) is 1.86. The number of rotatable bonds is 15. The van der Waals surface area contributed by atoms with Gasteiger partial charge in [0.05, 0.1) is 19.2 Å². The molecule has 2 aromatic carbocycles. The number of ether oxygens (including phenoxy) is 1. The van der Waals surface area contributed by atoms with E-state index in [9.17, 15) is 14.4 Å². The number of aromatic nitrogens is 1. The van der Waals surface area contributed by atoms with Crippen molar-refractivity contribution in [2.75, 3.05) is 57.6 Å². The van der Waals surface area contributed by atoms with Gasteiger partial charge in [-0.1, -0.05) is 11.6 Å². The van der Waals surface area contributed by atoms with Crippen molar-refractivity contribution in [3.63, 3.8) is 0 Å². The van der Waals surface area contributed by atoms with Crippen LogP contribution in [0.5, 0.6) is 5.75 Å². The fourth-order valence-corrected chi connectivity index (χ4v) is 5.24. The molecule has 0 spiro atoms. The monoisotopic (exact) mass is 604 g/mol. The van der Waals surface area contributed by atoms with Gasteiger partial charge in [-0.2, -0.15) is 24.4 Å². The Morgan fingerprint density at radius 1 is 1.05 bits per heavy atom. The van der Waals surface area contributed by atoms with Gasteiger partial charge in [-0.25, -0.2) is 0 Å². The molecule has 3 aromatic rings. The Hall–Kier alpha value is -2.66. The minimum atomic E-state index is -0.151. The molecule has 40 heavy (non-hydrogen) atoms. The van der Waals surface area contributed by atoms with Gasteiger partial charge in [-0.3, -0.25) is 23.9 Å². The van der Waals surface area contributed by atoms with E-state index in [0.717, 1.165) is 27.9 Å². The maximum atomic E-state index is 13.5. The van der Waals surface area contributed by atoms with Crippen LogP contribution in [-0.2, 0) is 16.0 Å². The molecule has 0 radical (unpaired) electrons. The number of thioether (sulfide) groups is 1. The van der Waals surface area contributed by atoms with Crippen molar-refractivity contribution in [3.05, 3.63) is 64.3 Å². The number of halogens is 1. The van der Waals surface area contributed by atoms with Gasteiger partial charge in [0.1, 0.15) is 5.75 Å². The zero-order valence-electron chi connectivity index (χ0n) is 23.2. The molecule has 2 N–H and O–H groups in total. The molecule has 216 valence electrons. The van der Waals surface area contributed by atoms with Crippen molar-refractivity contribution in [3.8, 4) is 5.75 Å². The van der Waals surface area contributed by atoms with Crippen LogP contribution in [0.1, 0.15) is 28.0 Å². The fraction of sp³-hybridized carbons (Fsp3) is 0.414. The molecule has 0 aliphatic heterocycles. The Bertz CT molecular complexity index is 1310. The van der Waals surface area contributed by atoms with Gasteiger partial charge in [0.15, 0.2) is 0 Å². The third kappa shape index (κ3) is 8.67. The third-order valence-corrected chi connectivity index (χ3v) is 7.66. The molecule has 3 rings (SSSR count). The van der Waals surface area contributed by atoms with E-state index >= 15 is 0 Å². The van der Waals surface area contributed by atoms with E-state index in [-0.39, 0.29) is 30.7 Å². The molecule has 0 atom stereocenters. The van der Waals surface area contributed by atoms with Crippen LogP contribution in [0.15, 0.2) is 42.5 Å². The molecule has 0 aliphatic rings. The number of benzene rings is 2. The van der Waals surface area contributed by atoms with Gasteiger partial charge in [0, 0.05) is 65.8 Å². The Kier molecular flexibility index (Phi) is 12.7. The predicted octanol–water partition coefficient (Wildman–Crippen LogP) is 4.06. The van der Waals surface area contributed by atoms with Gasteiger partial charge in [-0.05, 0) is 67.6 Å². The van der Waals surface area contributed by atoms with E-state index in [1.807, 2.05) is 36.3 Å². The Morgan fingerprint density at radius 3 is 2.45 bits per heavy atom. The fourth-order valence-electron chi connectivity index (χ4n) is 4.53. The first kappa shape index (κ1) is 31.9. The van der Waals surface area contributed by atoms with Gasteiger partial charge in [-0.15, -0.1) is 0 Å².